The predicted molar refractivity (Wildman–Crippen MR) is 149 cm³/mol. The highest BCUT2D eigenvalue weighted by Gasteiger charge is 2.43. The van der Waals surface area contributed by atoms with Crippen LogP contribution in [0, 0.1) is 5.92 Å². The number of ether oxygens (including phenoxy) is 1. The van der Waals surface area contributed by atoms with E-state index in [-0.39, 0.29) is 17.6 Å². The van der Waals surface area contributed by atoms with Gasteiger partial charge in [-0.1, -0.05) is 30.3 Å². The molecule has 0 saturated carbocycles. The normalized spacial score (nSPS) is 17.0. The number of ketones is 2. The molecule has 0 bridgehead atoms. The fourth-order valence-corrected chi connectivity index (χ4v) is 6.06. The summed E-state index contributed by atoms with van der Waals surface area (Å²) in [5, 5.41) is 0.643. The number of benzene rings is 2. The molecule has 0 radical (unpaired) electrons. The van der Waals surface area contributed by atoms with Crippen LogP contribution in [0.1, 0.15) is 22.8 Å². The molecule has 2 unspecified atom stereocenters. The first-order valence-corrected chi connectivity index (χ1v) is 13.2. The van der Waals surface area contributed by atoms with Crippen LogP contribution in [0.25, 0.3) is 10.9 Å². The second-order valence-corrected chi connectivity index (χ2v) is 10.4. The molecule has 2 atom stereocenters. The van der Waals surface area contributed by atoms with Crippen molar-refractivity contribution in [3.63, 3.8) is 0 Å². The number of rotatable bonds is 7. The Bertz CT molecular complexity index is 1490. The maximum Gasteiger partial charge on any atom is 0.328 e. The maximum absolute atomic E-state index is 14.0. The number of hydrogen-bond acceptors (Lipinski definition) is 7. The molecule has 1 aliphatic rings. The van der Waals surface area contributed by atoms with E-state index in [2.05, 4.69) is 4.98 Å². The van der Waals surface area contributed by atoms with E-state index in [0.717, 1.165) is 11.3 Å². The molecule has 1 fully saturated rings. The summed E-state index contributed by atoms with van der Waals surface area (Å²) < 4.78 is 9.34. The van der Waals surface area contributed by atoms with Gasteiger partial charge in [0.15, 0.2) is 11.6 Å². The van der Waals surface area contributed by atoms with Gasteiger partial charge in [0.05, 0.1) is 23.3 Å². The largest absolute Gasteiger partial charge is 0.489 e. The highest BCUT2D eigenvalue weighted by Crippen LogP contribution is 2.40. The molecule has 194 valence electrons. The van der Waals surface area contributed by atoms with Crippen LogP contribution in [0.2, 0.25) is 0 Å². The summed E-state index contributed by atoms with van der Waals surface area (Å²) in [6, 6.07) is 18.0. The number of carbonyl (C=O) groups is 3. The van der Waals surface area contributed by atoms with Crippen molar-refractivity contribution in [1.82, 2.24) is 14.5 Å². The first-order valence-electron chi connectivity index (χ1n) is 12.3. The van der Waals surface area contributed by atoms with Crippen LogP contribution >= 0.6 is 11.9 Å². The van der Waals surface area contributed by atoms with Crippen molar-refractivity contribution < 1.29 is 19.1 Å². The molecule has 4 aromatic rings. The maximum atomic E-state index is 14.0. The van der Waals surface area contributed by atoms with Gasteiger partial charge in [-0.3, -0.25) is 19.1 Å². The molecule has 0 spiro atoms. The van der Waals surface area contributed by atoms with Crippen LogP contribution in [-0.4, -0.2) is 57.9 Å². The van der Waals surface area contributed by atoms with Gasteiger partial charge in [-0.25, -0.2) is 4.79 Å². The third-order valence-corrected chi connectivity index (χ3v) is 7.78. The van der Waals surface area contributed by atoms with Gasteiger partial charge in [0.1, 0.15) is 18.4 Å². The smallest absolute Gasteiger partial charge is 0.328 e. The molecule has 9 heteroatoms. The molecule has 1 amide bonds. The molecular weight excluding hydrogens is 500 g/mol. The molecule has 1 saturated heterocycles. The van der Waals surface area contributed by atoms with Gasteiger partial charge < -0.3 is 13.9 Å². The number of Topliss-reactive ketones (excluding diaryl/α,β-unsaturated/α-hetero) is 2. The number of hydrogen-bond donors (Lipinski definition) is 0. The minimum absolute atomic E-state index is 0.0955. The Morgan fingerprint density at radius 3 is 2.55 bits per heavy atom. The van der Waals surface area contributed by atoms with Crippen LogP contribution in [0.3, 0.4) is 0 Å². The molecule has 0 N–H and O–H groups in total. The van der Waals surface area contributed by atoms with Crippen molar-refractivity contribution in [2.75, 3.05) is 24.2 Å². The summed E-state index contributed by atoms with van der Waals surface area (Å²) in [5.74, 6) is 0.205. The lowest BCUT2D eigenvalue weighted by Crippen LogP contribution is -2.40. The lowest BCUT2D eigenvalue weighted by atomic mass is 9.90. The van der Waals surface area contributed by atoms with Gasteiger partial charge in [-0.05, 0) is 48.7 Å². The zero-order valence-corrected chi connectivity index (χ0v) is 22.2. The molecule has 2 aromatic carbocycles. The Morgan fingerprint density at radius 1 is 1.08 bits per heavy atom. The van der Waals surface area contributed by atoms with Crippen molar-refractivity contribution in [3.05, 3.63) is 90.4 Å². The fourth-order valence-electron chi connectivity index (χ4n) is 4.69. The highest BCUT2D eigenvalue weighted by molar-refractivity contribution is 8.01. The molecule has 3 heterocycles. The molecule has 8 nitrogen and oxygen atoms in total. The van der Waals surface area contributed by atoms with Gasteiger partial charge in [0.25, 0.3) is 0 Å². The van der Waals surface area contributed by atoms with Crippen molar-refractivity contribution in [2.24, 2.45) is 5.92 Å². The van der Waals surface area contributed by atoms with E-state index in [0.29, 0.717) is 34.6 Å². The number of nitrogens with zero attached hydrogens (tertiary/aromatic N) is 4. The van der Waals surface area contributed by atoms with Gasteiger partial charge in [-0.15, -0.1) is 0 Å². The summed E-state index contributed by atoms with van der Waals surface area (Å²) in [7, 11) is 3.33. The minimum Gasteiger partial charge on any atom is -0.489 e. The summed E-state index contributed by atoms with van der Waals surface area (Å²) in [6.45, 7) is 1.89. The number of carbonyl (C=O) groups excluding carboxylic acids is 3. The average Bonchev–Trinajstić information content (AvgIpc) is 3.54. The van der Waals surface area contributed by atoms with Crippen molar-refractivity contribution in [1.29, 1.82) is 0 Å². The Morgan fingerprint density at radius 2 is 1.87 bits per heavy atom. The van der Waals surface area contributed by atoms with Crippen molar-refractivity contribution in [2.45, 2.75) is 19.6 Å². The van der Waals surface area contributed by atoms with Gasteiger partial charge in [0, 0.05) is 49.3 Å². The molecule has 1 aliphatic heterocycles. The van der Waals surface area contributed by atoms with Crippen LogP contribution in [-0.2, 0) is 11.4 Å². The fraction of sp³-hybridized carbons (Fsp3) is 0.241. The van der Waals surface area contributed by atoms with Crippen LogP contribution < -0.4 is 9.04 Å². The Balaban J connectivity index is 1.50. The predicted octanol–water partition coefficient (Wildman–Crippen LogP) is 5.07. The number of fused-ring (bicyclic) bond motifs is 1. The van der Waals surface area contributed by atoms with Crippen molar-refractivity contribution >= 4 is 46.1 Å². The number of aromatic nitrogens is 2. The van der Waals surface area contributed by atoms with Gasteiger partial charge >= 0.3 is 6.03 Å². The van der Waals surface area contributed by atoms with Crippen LogP contribution in [0.5, 0.6) is 5.75 Å². The molecule has 5 rings (SSSR count). The van der Waals surface area contributed by atoms with E-state index in [1.807, 2.05) is 46.8 Å². The van der Waals surface area contributed by atoms with E-state index in [1.165, 1.54) is 28.3 Å². The van der Waals surface area contributed by atoms with Gasteiger partial charge in [0.2, 0.25) is 0 Å². The van der Waals surface area contributed by atoms with E-state index >= 15 is 0 Å². The van der Waals surface area contributed by atoms with E-state index < -0.39 is 12.0 Å². The van der Waals surface area contributed by atoms with E-state index in [9.17, 15) is 14.4 Å². The number of amides is 1. The first-order chi connectivity index (χ1) is 18.3. The summed E-state index contributed by atoms with van der Waals surface area (Å²) >= 11 is 1.44. The Kier molecular flexibility index (Phi) is 7.20. The third-order valence-electron chi connectivity index (χ3n) is 6.56. The van der Waals surface area contributed by atoms with E-state index in [4.69, 9.17) is 4.74 Å². The third kappa shape index (κ3) is 4.89. The molecule has 2 aromatic heterocycles. The standard InChI is InChI=1S/C29H28N4O4S/c1-19(34)27-25(18-38-33(27)21-10-7-13-30-15-21)28(35)24-16-32(29(36)31(2)3)26-14-22(11-12-23(24)26)37-17-20-8-5-4-6-9-20/h4-16,25,27H,17-18H2,1-3H3. The number of pyridine rings is 1. The Labute approximate surface area is 225 Å². The lowest BCUT2D eigenvalue weighted by Gasteiger charge is -2.25. The molecule has 38 heavy (non-hydrogen) atoms. The highest BCUT2D eigenvalue weighted by atomic mass is 32.2. The summed E-state index contributed by atoms with van der Waals surface area (Å²) in [4.78, 5) is 45.4. The zero-order valence-electron chi connectivity index (χ0n) is 21.4. The lowest BCUT2D eigenvalue weighted by molar-refractivity contribution is -0.118. The van der Waals surface area contributed by atoms with Crippen LogP contribution in [0.4, 0.5) is 10.5 Å². The zero-order chi connectivity index (χ0) is 26.8. The number of anilines is 1. The second-order valence-electron chi connectivity index (χ2n) is 9.40. The second kappa shape index (κ2) is 10.7. The molecule has 0 aliphatic carbocycles. The van der Waals surface area contributed by atoms with Crippen molar-refractivity contribution in [3.8, 4) is 5.75 Å². The first kappa shape index (κ1) is 25.5. The van der Waals surface area contributed by atoms with Crippen LogP contribution in [0.15, 0.2) is 79.3 Å². The average molecular weight is 529 g/mol. The topological polar surface area (TPSA) is 84.7 Å². The quantitative estimate of drug-likeness (QED) is 0.245. The minimum atomic E-state index is -0.631. The monoisotopic (exact) mass is 528 g/mol. The van der Waals surface area contributed by atoms with E-state index in [1.54, 1.807) is 50.9 Å². The van der Waals surface area contributed by atoms with Gasteiger partial charge in [-0.2, -0.15) is 0 Å². The Hall–Kier alpha value is -4.11. The summed E-state index contributed by atoms with van der Waals surface area (Å²) in [6.07, 6.45) is 4.95. The summed E-state index contributed by atoms with van der Waals surface area (Å²) in [5.41, 5.74) is 2.79. The SMILES string of the molecule is CC(=O)C1C(C(=O)c2cn(C(=O)N(C)C)c3cc(OCc4ccccc4)ccc23)CSN1c1cccnc1. The molecular formula is C29H28N4O4S.